The lowest BCUT2D eigenvalue weighted by atomic mass is 10.1. The van der Waals surface area contributed by atoms with Crippen molar-refractivity contribution in [3.63, 3.8) is 0 Å². The molecule has 8 nitrogen and oxygen atoms in total. The van der Waals surface area contributed by atoms with E-state index in [9.17, 15) is 9.59 Å². The third-order valence-corrected chi connectivity index (χ3v) is 5.96. The molecule has 0 radical (unpaired) electrons. The van der Waals surface area contributed by atoms with E-state index in [2.05, 4.69) is 29.2 Å². The van der Waals surface area contributed by atoms with Gasteiger partial charge in [0.1, 0.15) is 17.4 Å². The van der Waals surface area contributed by atoms with Crippen molar-refractivity contribution in [2.24, 2.45) is 0 Å². The molecule has 31 heavy (non-hydrogen) atoms. The number of nitrogens with zero attached hydrogens (tertiary/aromatic N) is 3. The quantitative estimate of drug-likeness (QED) is 0.436. The molecule has 9 heteroatoms. The monoisotopic (exact) mass is 438 g/mol. The Balaban J connectivity index is 1.42. The molecule has 4 aromatic rings. The fourth-order valence-electron chi connectivity index (χ4n) is 3.14. The molecule has 0 aliphatic carbocycles. The van der Waals surface area contributed by atoms with Crippen LogP contribution in [0.4, 0.5) is 5.69 Å². The average Bonchev–Trinajstić information content (AvgIpc) is 3.45. The van der Waals surface area contributed by atoms with Gasteiger partial charge in [0, 0.05) is 17.7 Å². The van der Waals surface area contributed by atoms with Gasteiger partial charge in [0.25, 0.3) is 11.5 Å². The summed E-state index contributed by atoms with van der Waals surface area (Å²) < 4.78 is 12.2. The molecule has 1 N–H and O–H groups in total. The van der Waals surface area contributed by atoms with Gasteiger partial charge < -0.3 is 14.5 Å². The van der Waals surface area contributed by atoms with Crippen molar-refractivity contribution in [2.45, 2.75) is 39.2 Å². The lowest BCUT2D eigenvalue weighted by molar-refractivity contribution is 0.0996. The number of furan rings is 1. The van der Waals surface area contributed by atoms with Gasteiger partial charge in [-0.2, -0.15) is 9.61 Å². The number of aromatic nitrogens is 3. The van der Waals surface area contributed by atoms with Crippen molar-refractivity contribution in [1.29, 1.82) is 0 Å². The summed E-state index contributed by atoms with van der Waals surface area (Å²) in [5.74, 6) is 0.843. The van der Waals surface area contributed by atoms with Gasteiger partial charge >= 0.3 is 0 Å². The molecular formula is C22H22N4O4S. The lowest BCUT2D eigenvalue weighted by Crippen LogP contribution is -2.16. The minimum Gasteiger partial charge on any atom is -0.487 e. The van der Waals surface area contributed by atoms with Crippen molar-refractivity contribution < 1.29 is 13.9 Å². The molecule has 0 fully saturated rings. The smallest absolute Gasteiger partial charge is 0.291 e. The van der Waals surface area contributed by atoms with Gasteiger partial charge in [-0.1, -0.05) is 25.2 Å². The van der Waals surface area contributed by atoms with Crippen molar-refractivity contribution >= 4 is 27.9 Å². The van der Waals surface area contributed by atoms with Crippen molar-refractivity contribution in [3.8, 4) is 5.75 Å². The highest BCUT2D eigenvalue weighted by atomic mass is 32.1. The van der Waals surface area contributed by atoms with Crippen LogP contribution in [-0.2, 0) is 6.61 Å². The SMILES string of the molecule is CCC(CC)c1nn2c(=O)cc(COc3ccc(NC(=O)c4ccco4)cc3)nc2s1. The Bertz CT molecular complexity index is 1220. The number of fused-ring (bicyclic) bond motifs is 1. The second kappa shape index (κ2) is 9.13. The van der Waals surface area contributed by atoms with Crippen LogP contribution >= 0.6 is 11.3 Å². The number of benzene rings is 1. The topological polar surface area (TPSA) is 98.7 Å². The molecule has 0 aliphatic rings. The zero-order valence-electron chi connectivity index (χ0n) is 17.2. The molecule has 0 spiro atoms. The highest BCUT2D eigenvalue weighted by Gasteiger charge is 2.15. The first-order valence-electron chi connectivity index (χ1n) is 10.0. The number of hydrogen-bond donors (Lipinski definition) is 1. The third-order valence-electron chi connectivity index (χ3n) is 4.89. The maximum atomic E-state index is 12.4. The summed E-state index contributed by atoms with van der Waals surface area (Å²) in [6, 6.07) is 11.6. The highest BCUT2D eigenvalue weighted by molar-refractivity contribution is 7.16. The summed E-state index contributed by atoms with van der Waals surface area (Å²) in [5, 5.41) is 8.12. The minimum atomic E-state index is -0.325. The van der Waals surface area contributed by atoms with Gasteiger partial charge in [-0.05, 0) is 49.2 Å². The van der Waals surface area contributed by atoms with E-state index < -0.39 is 0 Å². The summed E-state index contributed by atoms with van der Waals surface area (Å²) >= 11 is 1.45. The van der Waals surface area contributed by atoms with Crippen molar-refractivity contribution in [3.05, 3.63) is 75.5 Å². The zero-order chi connectivity index (χ0) is 21.8. The van der Waals surface area contributed by atoms with Crippen LogP contribution in [-0.4, -0.2) is 20.5 Å². The van der Waals surface area contributed by atoms with Crippen molar-refractivity contribution in [1.82, 2.24) is 14.6 Å². The summed E-state index contributed by atoms with van der Waals surface area (Å²) in [6.07, 6.45) is 3.39. The molecule has 4 rings (SSSR count). The van der Waals surface area contributed by atoms with Crippen LogP contribution in [0.2, 0.25) is 0 Å². The fraction of sp³-hybridized carbons (Fsp3) is 0.273. The number of carbonyl (C=O) groups is 1. The Morgan fingerprint density at radius 1 is 1.23 bits per heavy atom. The summed E-state index contributed by atoms with van der Waals surface area (Å²) in [7, 11) is 0. The minimum absolute atomic E-state index is 0.155. The van der Waals surface area contributed by atoms with E-state index in [0.717, 1.165) is 17.8 Å². The molecule has 0 unspecified atom stereocenters. The molecule has 1 amide bonds. The van der Waals surface area contributed by atoms with E-state index >= 15 is 0 Å². The van der Waals surface area contributed by atoms with Crippen LogP contribution in [0.1, 0.15) is 53.9 Å². The predicted molar refractivity (Wildman–Crippen MR) is 118 cm³/mol. The summed E-state index contributed by atoms with van der Waals surface area (Å²) in [5.41, 5.74) is 0.943. The number of carbonyl (C=O) groups excluding carboxylic acids is 1. The largest absolute Gasteiger partial charge is 0.487 e. The van der Waals surface area contributed by atoms with E-state index in [-0.39, 0.29) is 23.8 Å². The second-order valence-electron chi connectivity index (χ2n) is 6.98. The molecule has 0 saturated carbocycles. The molecule has 1 aromatic carbocycles. The normalized spacial score (nSPS) is 11.2. The molecule has 0 aliphatic heterocycles. The molecule has 160 valence electrons. The van der Waals surface area contributed by atoms with Gasteiger partial charge in [0.05, 0.1) is 12.0 Å². The van der Waals surface area contributed by atoms with E-state index in [0.29, 0.717) is 28.0 Å². The number of ether oxygens (including phenoxy) is 1. The first kappa shape index (κ1) is 20.8. The first-order valence-corrected chi connectivity index (χ1v) is 10.9. The van der Waals surface area contributed by atoms with Crippen LogP contribution < -0.4 is 15.6 Å². The summed E-state index contributed by atoms with van der Waals surface area (Å²) in [6.45, 7) is 4.38. The third kappa shape index (κ3) is 4.66. The number of rotatable bonds is 8. The highest BCUT2D eigenvalue weighted by Crippen LogP contribution is 2.26. The standard InChI is InChI=1S/C22H22N4O4S/c1-3-14(4-2)21-25-26-19(27)12-16(24-22(26)31-21)13-30-17-9-7-15(8-10-17)23-20(28)18-6-5-11-29-18/h5-12,14H,3-4,13H2,1-2H3,(H,23,28). The maximum Gasteiger partial charge on any atom is 0.291 e. The Morgan fingerprint density at radius 2 is 2.00 bits per heavy atom. The molecule has 0 saturated heterocycles. The van der Waals surface area contributed by atoms with Crippen molar-refractivity contribution in [2.75, 3.05) is 5.32 Å². The van der Waals surface area contributed by atoms with Gasteiger partial charge in [0.15, 0.2) is 5.76 Å². The van der Waals surface area contributed by atoms with Crippen LogP contribution in [0.25, 0.3) is 4.96 Å². The van der Waals surface area contributed by atoms with E-state index in [1.165, 1.54) is 28.2 Å². The molecular weight excluding hydrogens is 416 g/mol. The summed E-state index contributed by atoms with van der Waals surface area (Å²) in [4.78, 5) is 29.6. The molecule has 0 atom stereocenters. The molecule has 0 bridgehead atoms. The maximum absolute atomic E-state index is 12.4. The van der Waals surface area contributed by atoms with Crippen LogP contribution in [0.15, 0.2) is 57.9 Å². The zero-order valence-corrected chi connectivity index (χ0v) is 18.0. The lowest BCUT2D eigenvalue weighted by Gasteiger charge is -2.07. The Hall–Kier alpha value is -3.46. The number of anilines is 1. The van der Waals surface area contributed by atoms with Gasteiger partial charge in [-0.25, -0.2) is 4.98 Å². The second-order valence-corrected chi connectivity index (χ2v) is 7.97. The Labute approximate surface area is 182 Å². The van der Waals surface area contributed by atoms with E-state index in [1.807, 2.05) is 0 Å². The van der Waals surface area contributed by atoms with Gasteiger partial charge in [-0.3, -0.25) is 9.59 Å². The van der Waals surface area contributed by atoms with Crippen LogP contribution in [0.3, 0.4) is 0 Å². The number of hydrogen-bond acceptors (Lipinski definition) is 7. The predicted octanol–water partition coefficient (Wildman–Crippen LogP) is 4.48. The Kier molecular flexibility index (Phi) is 6.13. The van der Waals surface area contributed by atoms with Crippen LogP contribution in [0, 0.1) is 0 Å². The van der Waals surface area contributed by atoms with Gasteiger partial charge in [-0.15, -0.1) is 0 Å². The van der Waals surface area contributed by atoms with E-state index in [4.69, 9.17) is 9.15 Å². The van der Waals surface area contributed by atoms with Crippen LogP contribution in [0.5, 0.6) is 5.75 Å². The first-order chi connectivity index (χ1) is 15.1. The number of nitrogens with one attached hydrogen (secondary N) is 1. The van der Waals surface area contributed by atoms with Gasteiger partial charge in [0.2, 0.25) is 4.96 Å². The Morgan fingerprint density at radius 3 is 2.68 bits per heavy atom. The molecule has 3 heterocycles. The van der Waals surface area contributed by atoms with E-state index in [1.54, 1.807) is 36.4 Å². The fourth-order valence-corrected chi connectivity index (χ4v) is 4.33. The average molecular weight is 439 g/mol. The molecule has 3 aromatic heterocycles. The number of amides is 1.